The highest BCUT2D eigenvalue weighted by Gasteiger charge is 2.44. The fourth-order valence-electron chi connectivity index (χ4n) is 3.72. The second-order valence-corrected chi connectivity index (χ2v) is 6.68. The summed E-state index contributed by atoms with van der Waals surface area (Å²) in [5, 5.41) is 0. The molecule has 1 amide bonds. The highest BCUT2D eigenvalue weighted by molar-refractivity contribution is 5.81. The summed E-state index contributed by atoms with van der Waals surface area (Å²) in [5.41, 5.74) is 0.972. The number of carbonyl (C=O) groups excluding carboxylic acids is 2. The maximum atomic E-state index is 12.6. The maximum Gasteiger partial charge on any atom is 0.410 e. The Bertz CT molecular complexity index is 560. The fraction of sp³-hybridized carbons (Fsp3) is 0.579. The van der Waals surface area contributed by atoms with Crippen molar-refractivity contribution in [3.05, 3.63) is 35.9 Å². The molecule has 1 aromatic carbocycles. The third-order valence-corrected chi connectivity index (χ3v) is 4.89. The van der Waals surface area contributed by atoms with E-state index in [4.69, 9.17) is 9.47 Å². The van der Waals surface area contributed by atoms with E-state index >= 15 is 0 Å². The molecule has 0 aliphatic carbocycles. The van der Waals surface area contributed by atoms with Gasteiger partial charge in [-0.2, -0.15) is 0 Å². The second-order valence-electron chi connectivity index (χ2n) is 6.68. The summed E-state index contributed by atoms with van der Waals surface area (Å²) < 4.78 is 11.1. The predicted octanol–water partition coefficient (Wildman–Crippen LogP) is 3.17. The van der Waals surface area contributed by atoms with Gasteiger partial charge in [-0.05, 0) is 24.8 Å². The highest BCUT2D eigenvalue weighted by Crippen LogP contribution is 2.33. The van der Waals surface area contributed by atoms with Crippen LogP contribution >= 0.6 is 0 Å². The van der Waals surface area contributed by atoms with E-state index in [1.165, 1.54) is 0 Å². The molecule has 2 saturated heterocycles. The number of amides is 1. The lowest BCUT2D eigenvalue weighted by molar-refractivity contribution is -0.131. The number of nitrogens with zero attached hydrogens (tertiary/aromatic N) is 1. The van der Waals surface area contributed by atoms with Gasteiger partial charge in [-0.15, -0.1) is 0 Å². The molecule has 0 saturated carbocycles. The van der Waals surface area contributed by atoms with Crippen LogP contribution in [0.15, 0.2) is 30.3 Å². The average Bonchev–Trinajstić information content (AvgIpc) is 2.59. The van der Waals surface area contributed by atoms with Crippen LogP contribution in [0.4, 0.5) is 4.79 Å². The van der Waals surface area contributed by atoms with E-state index in [9.17, 15) is 9.59 Å². The van der Waals surface area contributed by atoms with Crippen molar-refractivity contribution in [3.63, 3.8) is 0 Å². The molecular weight excluding hydrogens is 306 g/mol. The molecule has 2 aliphatic rings. The van der Waals surface area contributed by atoms with Crippen LogP contribution in [-0.2, 0) is 20.9 Å². The summed E-state index contributed by atoms with van der Waals surface area (Å²) in [5.74, 6) is 0.383. The standard InChI is InChI=1S/C19H25NO4/c1-2-6-18(21)15-9-16-12-23-13-17(10-15)20(16)19(22)24-11-14-7-4-3-5-8-14/h3-5,7-8,15-17H,2,6,9-13H2,1H3. The van der Waals surface area contributed by atoms with Gasteiger partial charge in [0.2, 0.25) is 0 Å². The van der Waals surface area contributed by atoms with Crippen molar-refractivity contribution in [2.45, 2.75) is 51.3 Å². The van der Waals surface area contributed by atoms with Gasteiger partial charge < -0.3 is 9.47 Å². The van der Waals surface area contributed by atoms with Crippen LogP contribution in [0, 0.1) is 5.92 Å². The van der Waals surface area contributed by atoms with Gasteiger partial charge in [-0.3, -0.25) is 9.69 Å². The van der Waals surface area contributed by atoms with Crippen LogP contribution in [0.3, 0.4) is 0 Å². The lowest BCUT2D eigenvalue weighted by atomic mass is 9.81. The van der Waals surface area contributed by atoms with E-state index in [1.807, 2.05) is 42.2 Å². The van der Waals surface area contributed by atoms with Gasteiger partial charge in [-0.25, -0.2) is 4.79 Å². The van der Waals surface area contributed by atoms with Crippen LogP contribution in [0.2, 0.25) is 0 Å². The van der Waals surface area contributed by atoms with Gasteiger partial charge >= 0.3 is 6.09 Å². The molecule has 130 valence electrons. The molecule has 0 radical (unpaired) electrons. The van der Waals surface area contributed by atoms with Crippen LogP contribution in [-0.4, -0.2) is 42.1 Å². The van der Waals surface area contributed by atoms with Crippen molar-refractivity contribution in [1.82, 2.24) is 4.90 Å². The van der Waals surface area contributed by atoms with Crippen molar-refractivity contribution in [1.29, 1.82) is 0 Å². The molecular formula is C19H25NO4. The number of benzene rings is 1. The van der Waals surface area contributed by atoms with Crippen LogP contribution in [0.25, 0.3) is 0 Å². The van der Waals surface area contributed by atoms with Crippen LogP contribution < -0.4 is 0 Å². The highest BCUT2D eigenvalue weighted by atomic mass is 16.6. The van der Waals surface area contributed by atoms with Crippen molar-refractivity contribution < 1.29 is 19.1 Å². The van der Waals surface area contributed by atoms with Gasteiger partial charge in [0.1, 0.15) is 12.4 Å². The van der Waals surface area contributed by atoms with Gasteiger partial charge in [0, 0.05) is 12.3 Å². The quantitative estimate of drug-likeness (QED) is 0.831. The second kappa shape index (κ2) is 7.79. The minimum atomic E-state index is -0.293. The molecule has 5 heteroatoms. The number of Topliss-reactive ketones (excluding diaryl/α,β-unsaturated/α-hetero) is 1. The van der Waals surface area contributed by atoms with Gasteiger partial charge in [-0.1, -0.05) is 37.3 Å². The lowest BCUT2D eigenvalue weighted by Gasteiger charge is -2.47. The number of ether oxygens (including phenoxy) is 2. The van der Waals surface area contributed by atoms with Crippen LogP contribution in [0.1, 0.15) is 38.2 Å². The zero-order chi connectivity index (χ0) is 16.9. The number of morpholine rings is 1. The van der Waals surface area contributed by atoms with E-state index in [2.05, 4.69) is 0 Å². The minimum Gasteiger partial charge on any atom is -0.445 e. The van der Waals surface area contributed by atoms with Gasteiger partial charge in [0.15, 0.2) is 0 Å². The van der Waals surface area contributed by atoms with E-state index < -0.39 is 0 Å². The molecule has 3 rings (SSSR count). The molecule has 2 bridgehead atoms. The van der Waals surface area contributed by atoms with Gasteiger partial charge in [0.25, 0.3) is 0 Å². The molecule has 5 nitrogen and oxygen atoms in total. The Morgan fingerprint density at radius 2 is 1.83 bits per heavy atom. The normalized spacial score (nSPS) is 26.0. The molecule has 2 unspecified atom stereocenters. The van der Waals surface area contributed by atoms with E-state index in [1.54, 1.807) is 0 Å². The number of hydrogen-bond donors (Lipinski definition) is 0. The van der Waals surface area contributed by atoms with E-state index in [0.29, 0.717) is 38.3 Å². The number of rotatable bonds is 5. The molecule has 2 fully saturated rings. The molecule has 2 heterocycles. The molecule has 1 aromatic rings. The molecule has 2 atom stereocenters. The molecule has 0 spiro atoms. The first kappa shape index (κ1) is 17.0. The van der Waals surface area contributed by atoms with Crippen molar-refractivity contribution >= 4 is 11.9 Å². The Morgan fingerprint density at radius 3 is 2.46 bits per heavy atom. The number of ketones is 1. The summed E-state index contributed by atoms with van der Waals surface area (Å²) in [7, 11) is 0. The number of hydrogen-bond acceptors (Lipinski definition) is 4. The number of fused-ring (bicyclic) bond motifs is 2. The first-order valence-corrected chi connectivity index (χ1v) is 8.78. The number of piperidine rings is 1. The van der Waals surface area contributed by atoms with E-state index in [-0.39, 0.29) is 30.7 Å². The third kappa shape index (κ3) is 3.78. The first-order chi connectivity index (χ1) is 11.7. The van der Waals surface area contributed by atoms with Crippen LogP contribution in [0.5, 0.6) is 0 Å². The summed E-state index contributed by atoms with van der Waals surface area (Å²) in [6.45, 7) is 3.28. The van der Waals surface area contributed by atoms with Gasteiger partial charge in [0.05, 0.1) is 25.3 Å². The summed E-state index contributed by atoms with van der Waals surface area (Å²) in [6.07, 6.45) is 2.59. The van der Waals surface area contributed by atoms with Crippen molar-refractivity contribution in [2.24, 2.45) is 5.92 Å². The average molecular weight is 331 g/mol. The Morgan fingerprint density at radius 1 is 1.17 bits per heavy atom. The van der Waals surface area contributed by atoms with Crippen molar-refractivity contribution in [3.8, 4) is 0 Å². The third-order valence-electron chi connectivity index (χ3n) is 4.89. The minimum absolute atomic E-state index is 0.0495. The molecule has 0 aromatic heterocycles. The predicted molar refractivity (Wildman–Crippen MR) is 89.5 cm³/mol. The smallest absolute Gasteiger partial charge is 0.410 e. The largest absolute Gasteiger partial charge is 0.445 e. The first-order valence-electron chi connectivity index (χ1n) is 8.78. The molecule has 2 aliphatic heterocycles. The summed E-state index contributed by atoms with van der Waals surface area (Å²) >= 11 is 0. The maximum absolute atomic E-state index is 12.6. The SMILES string of the molecule is CCCC(=O)C1CC2COCC(C1)N2C(=O)OCc1ccccc1. The zero-order valence-corrected chi connectivity index (χ0v) is 14.1. The summed E-state index contributed by atoms with van der Waals surface area (Å²) in [4.78, 5) is 26.6. The van der Waals surface area contributed by atoms with Crippen molar-refractivity contribution in [2.75, 3.05) is 13.2 Å². The Kier molecular flexibility index (Phi) is 5.51. The Balaban J connectivity index is 1.61. The zero-order valence-electron chi connectivity index (χ0n) is 14.1. The Labute approximate surface area is 142 Å². The molecule has 24 heavy (non-hydrogen) atoms. The Hall–Kier alpha value is -1.88. The van der Waals surface area contributed by atoms with E-state index in [0.717, 1.165) is 12.0 Å². The topological polar surface area (TPSA) is 55.8 Å². The lowest BCUT2D eigenvalue weighted by Crippen LogP contribution is -2.59. The fourth-order valence-corrected chi connectivity index (χ4v) is 3.72. The molecule has 0 N–H and O–H groups in total. The number of carbonyl (C=O) groups is 2. The monoisotopic (exact) mass is 331 g/mol. The summed E-state index contributed by atoms with van der Waals surface area (Å²) in [6, 6.07) is 9.57.